The Kier molecular flexibility index (Phi) is 39.6. The molecule has 100 heavy (non-hydrogen) atoms. The smallest absolute Gasteiger partial charge is 0.119 e. The molecule has 8 aromatic carbocycles. The van der Waals surface area contributed by atoms with E-state index in [1.807, 2.05) is 24.3 Å². The summed E-state index contributed by atoms with van der Waals surface area (Å²) in [5.74, 6) is 4.12. The summed E-state index contributed by atoms with van der Waals surface area (Å²) in [5.41, 5.74) is 24.3. The zero-order chi connectivity index (χ0) is 71.2. The van der Waals surface area contributed by atoms with Gasteiger partial charge in [-0.05, 0) is 266 Å². The summed E-state index contributed by atoms with van der Waals surface area (Å²) in [7, 11) is 3.44. The van der Waals surface area contributed by atoms with E-state index in [1.165, 1.54) is 257 Å². The first-order valence-electron chi connectivity index (χ1n) is 38.7. The van der Waals surface area contributed by atoms with Crippen LogP contribution in [-0.2, 0) is 88.2 Å². The highest BCUT2D eigenvalue weighted by atomic mass is 16.5. The van der Waals surface area contributed by atoms with Crippen molar-refractivity contribution < 1.29 is 23.7 Å². The third kappa shape index (κ3) is 30.5. The predicted octanol–water partition coefficient (Wildman–Crippen LogP) is 25.0. The second-order valence-electron chi connectivity index (χ2n) is 27.2. The van der Waals surface area contributed by atoms with E-state index in [0.717, 1.165) is 62.3 Å². The van der Waals surface area contributed by atoms with Crippen LogP contribution in [0.15, 0.2) is 184 Å². The topological polar surface area (TPSA) is 46.2 Å². The Labute approximate surface area is 607 Å². The number of hydrogen-bond acceptors (Lipinski definition) is 5. The third-order valence-electron chi connectivity index (χ3n) is 19.3. The van der Waals surface area contributed by atoms with Gasteiger partial charge in [0, 0.05) is 13.7 Å². The van der Waals surface area contributed by atoms with Gasteiger partial charge in [-0.25, -0.2) is 0 Å². The van der Waals surface area contributed by atoms with E-state index in [0.29, 0.717) is 0 Å². The highest BCUT2D eigenvalue weighted by Gasteiger charge is 2.16. The summed E-state index contributed by atoms with van der Waals surface area (Å²) in [5, 5.41) is 0. The van der Waals surface area contributed by atoms with E-state index in [-0.39, 0.29) is 0 Å². The van der Waals surface area contributed by atoms with Crippen molar-refractivity contribution in [2.24, 2.45) is 0 Å². The van der Waals surface area contributed by atoms with Crippen LogP contribution in [0.4, 0.5) is 0 Å². The molecule has 8 aromatic rings. The Morgan fingerprint density at radius 3 is 0.940 bits per heavy atom. The number of unbranched alkanes of at least 4 members (excludes halogenated alkanes) is 10. The molecule has 0 fully saturated rings. The Balaban J connectivity index is 0.000000181. The van der Waals surface area contributed by atoms with Crippen molar-refractivity contribution >= 4 is 18.2 Å². The highest BCUT2D eigenvalue weighted by Crippen LogP contribution is 2.31. The highest BCUT2D eigenvalue weighted by molar-refractivity contribution is 5.50. The molecule has 0 heterocycles. The number of rotatable bonds is 31. The van der Waals surface area contributed by atoms with Crippen LogP contribution in [0.5, 0.6) is 23.0 Å². The standard InChI is InChI=1S/C14H20O.C14H20.C13H18O2.C13H18O.C12H16.C11H14.C9H10O.C9H10/c1-2-3-4-5-10-15-14-9-8-12-6-7-13(12)11-14;1-3-5-6-7-8-14-11-9-13(4-2)10-12-14;1-14-8-2-3-9-15-13-7-6-11-4-5-12(11)10-13;1-2-3-4-9-14-13-8-7-11-5-6-12(11)10-13;1-3-5-6-12-9-7-11(4-2)8-10-12;1-2-3-9-4-5-10-6-7-11(10)8-9;1-10-9-5-4-7-2-3-8(7)6-9;1-3-9-6-4-8(2)5-7-9/h8-9,11H,2-7,10H2,1H3;4,9-12H,2-3,5-8H2,1H3;6-7,10H,2-5,8-9H2,1H3;7-8,10H,2-6,9H2,1H3;4,7-10H,2-3,5-6H2,1H3;4-5,8H,2-3,6-7H2,1H3;4-6H,2-3H2,1H3;3-7H,1H2,2H3. The van der Waals surface area contributed by atoms with Gasteiger partial charge >= 0.3 is 0 Å². The SMILES string of the molecule is C=Cc1ccc(C)cc1.C=Cc1ccc(CCCC)cc1.C=Cc1ccc(CCCCCC)cc1.CCCCCCOc1ccc2c(c1)CC2.CCCCCOc1ccc2c(c1)CC2.CCCc1ccc2c(c1)CC2.COCCCCOc1ccc2c(c1)CC2.COc1ccc2c(c1)CC2. The average Bonchev–Trinajstić information content (AvgIpc) is 0.853. The van der Waals surface area contributed by atoms with Gasteiger partial charge in [0.25, 0.3) is 0 Å². The number of ether oxygens (including phenoxy) is 5. The van der Waals surface area contributed by atoms with E-state index >= 15 is 0 Å². The first-order chi connectivity index (χ1) is 49.0. The minimum atomic E-state index is 0.794. The van der Waals surface area contributed by atoms with Crippen molar-refractivity contribution in [2.45, 2.75) is 228 Å². The molecule has 13 rings (SSSR count). The van der Waals surface area contributed by atoms with Crippen LogP contribution >= 0.6 is 0 Å². The van der Waals surface area contributed by atoms with Crippen LogP contribution in [0.25, 0.3) is 18.2 Å². The molecule has 0 saturated carbocycles. The molecule has 5 nitrogen and oxygen atoms in total. The van der Waals surface area contributed by atoms with E-state index in [2.05, 4.69) is 219 Å². The van der Waals surface area contributed by atoms with Gasteiger partial charge in [-0.15, -0.1) is 0 Å². The van der Waals surface area contributed by atoms with Crippen molar-refractivity contribution in [3.05, 3.63) is 278 Å². The second kappa shape index (κ2) is 48.8. The number of methoxy groups -OCH3 is 2. The molecule has 5 aliphatic rings. The van der Waals surface area contributed by atoms with Crippen LogP contribution in [-0.4, -0.2) is 40.6 Å². The number of benzene rings is 8. The molecule has 0 aliphatic heterocycles. The van der Waals surface area contributed by atoms with E-state index < -0.39 is 0 Å². The molecule has 0 atom stereocenters. The Hall–Kier alpha value is -7.86. The maximum absolute atomic E-state index is 5.72. The van der Waals surface area contributed by atoms with Gasteiger partial charge in [-0.1, -0.05) is 258 Å². The lowest BCUT2D eigenvalue weighted by Gasteiger charge is -2.19. The maximum atomic E-state index is 5.72. The van der Waals surface area contributed by atoms with Crippen LogP contribution in [0.3, 0.4) is 0 Å². The molecule has 0 amide bonds. The molecule has 0 saturated heterocycles. The van der Waals surface area contributed by atoms with Gasteiger partial charge in [-0.3, -0.25) is 0 Å². The van der Waals surface area contributed by atoms with Gasteiger partial charge in [0.15, 0.2) is 0 Å². The fourth-order valence-electron chi connectivity index (χ4n) is 12.1. The van der Waals surface area contributed by atoms with Crippen LogP contribution < -0.4 is 18.9 Å². The lowest BCUT2D eigenvalue weighted by atomic mass is 9.87. The van der Waals surface area contributed by atoms with Crippen LogP contribution in [0.1, 0.15) is 232 Å². The van der Waals surface area contributed by atoms with E-state index in [4.69, 9.17) is 23.7 Å². The maximum Gasteiger partial charge on any atom is 0.119 e. The Morgan fingerprint density at radius 1 is 0.280 bits per heavy atom. The summed E-state index contributed by atoms with van der Waals surface area (Å²) < 4.78 is 27.1. The summed E-state index contributed by atoms with van der Waals surface area (Å²) in [6, 6.07) is 58.3. The van der Waals surface area contributed by atoms with Crippen molar-refractivity contribution in [3.8, 4) is 23.0 Å². The Morgan fingerprint density at radius 2 is 0.590 bits per heavy atom. The van der Waals surface area contributed by atoms with E-state index in [9.17, 15) is 0 Å². The average molecular weight is 1350 g/mol. The molecule has 5 heteroatoms. The minimum absolute atomic E-state index is 0.794. The largest absolute Gasteiger partial charge is 0.497 e. The van der Waals surface area contributed by atoms with Gasteiger partial charge in [0.2, 0.25) is 0 Å². The molecular formula is C95H126O5. The van der Waals surface area contributed by atoms with Crippen molar-refractivity contribution in [1.29, 1.82) is 0 Å². The van der Waals surface area contributed by atoms with Crippen LogP contribution in [0, 0.1) is 6.92 Å². The number of aryl methyl sites for hydroxylation is 14. The number of hydrogen-bond donors (Lipinski definition) is 0. The normalized spacial score (nSPS) is 12.1. The molecule has 0 unspecified atom stereocenters. The van der Waals surface area contributed by atoms with Gasteiger partial charge in [0.05, 0.1) is 26.9 Å². The molecule has 0 radical (unpaired) electrons. The van der Waals surface area contributed by atoms with Crippen molar-refractivity contribution in [3.63, 3.8) is 0 Å². The molecule has 5 aliphatic carbocycles. The third-order valence-corrected chi connectivity index (χ3v) is 19.3. The van der Waals surface area contributed by atoms with Crippen LogP contribution in [0.2, 0.25) is 0 Å². The fraction of sp³-hybridized carbons (Fsp3) is 0.432. The first-order valence-corrected chi connectivity index (χ1v) is 38.7. The minimum Gasteiger partial charge on any atom is -0.497 e. The predicted molar refractivity (Wildman–Crippen MR) is 432 cm³/mol. The quantitative estimate of drug-likeness (QED) is 0.0405. The molecule has 0 N–H and O–H groups in total. The van der Waals surface area contributed by atoms with Crippen molar-refractivity contribution in [1.82, 2.24) is 0 Å². The van der Waals surface area contributed by atoms with Gasteiger partial charge in [0.1, 0.15) is 23.0 Å². The Bertz CT molecular complexity index is 3490. The summed E-state index contributed by atoms with van der Waals surface area (Å²) in [4.78, 5) is 0. The van der Waals surface area contributed by atoms with Gasteiger partial charge in [-0.2, -0.15) is 0 Å². The zero-order valence-corrected chi connectivity index (χ0v) is 63.3. The van der Waals surface area contributed by atoms with Gasteiger partial charge < -0.3 is 23.7 Å². The van der Waals surface area contributed by atoms with Crippen molar-refractivity contribution in [2.75, 3.05) is 40.6 Å². The molecular weight excluding hydrogens is 1220 g/mol. The monoisotopic (exact) mass is 1350 g/mol. The molecule has 0 bridgehead atoms. The summed E-state index contributed by atoms with van der Waals surface area (Å²) in [6.45, 7) is 27.7. The molecule has 536 valence electrons. The zero-order valence-electron chi connectivity index (χ0n) is 63.3. The summed E-state index contributed by atoms with van der Waals surface area (Å²) in [6.07, 6.45) is 41.9. The first kappa shape index (κ1) is 81.1. The number of fused-ring (bicyclic) bond motifs is 5. The summed E-state index contributed by atoms with van der Waals surface area (Å²) >= 11 is 0. The lowest BCUT2D eigenvalue weighted by Crippen LogP contribution is -2.08. The molecule has 0 spiro atoms. The van der Waals surface area contributed by atoms with E-state index in [1.54, 1.807) is 25.3 Å². The molecule has 0 aromatic heterocycles. The lowest BCUT2D eigenvalue weighted by molar-refractivity contribution is 0.184. The fourth-order valence-corrected chi connectivity index (χ4v) is 12.1. The second-order valence-corrected chi connectivity index (χ2v) is 27.2.